The summed E-state index contributed by atoms with van der Waals surface area (Å²) in [4.78, 5) is 11.2. The van der Waals surface area contributed by atoms with Crippen molar-refractivity contribution in [2.24, 2.45) is 5.92 Å². The molecule has 7 heteroatoms. The molecule has 1 aliphatic rings. The van der Waals surface area contributed by atoms with E-state index in [-0.39, 0.29) is 11.7 Å². The van der Waals surface area contributed by atoms with E-state index >= 15 is 0 Å². The molecule has 0 aliphatic carbocycles. The van der Waals surface area contributed by atoms with E-state index in [0.717, 1.165) is 13.0 Å². The summed E-state index contributed by atoms with van der Waals surface area (Å²) in [5.74, 6) is -0.151. The fourth-order valence-corrected chi connectivity index (χ4v) is 2.72. The molecule has 17 heavy (non-hydrogen) atoms. The standard InChI is InChI=1S/C10H19NO5S/c1-10(2,3)15-9(12)16-17(13,14)7-8-4-5-11-6-8/h8,11H,4-7H2,1-3H3/t8-/m0/s1. The highest BCUT2D eigenvalue weighted by molar-refractivity contribution is 7.87. The smallest absolute Gasteiger partial charge is 0.428 e. The van der Waals surface area contributed by atoms with Gasteiger partial charge in [-0.05, 0) is 46.2 Å². The first-order chi connectivity index (χ1) is 7.68. The first-order valence-electron chi connectivity index (χ1n) is 5.54. The Morgan fingerprint density at radius 2 is 2.06 bits per heavy atom. The molecule has 1 atom stereocenters. The summed E-state index contributed by atoms with van der Waals surface area (Å²) in [6.45, 7) is 6.36. The van der Waals surface area contributed by atoms with Crippen LogP contribution in [0.3, 0.4) is 0 Å². The van der Waals surface area contributed by atoms with E-state index in [4.69, 9.17) is 4.74 Å². The van der Waals surface area contributed by atoms with Crippen LogP contribution in [0.15, 0.2) is 0 Å². The Balaban J connectivity index is 2.45. The predicted octanol–water partition coefficient (Wildman–Crippen LogP) is 0.877. The lowest BCUT2D eigenvalue weighted by molar-refractivity contribution is 0.0222. The molecule has 0 saturated carbocycles. The predicted molar refractivity (Wildman–Crippen MR) is 62.1 cm³/mol. The van der Waals surface area contributed by atoms with Crippen LogP contribution in [0.4, 0.5) is 4.79 Å². The van der Waals surface area contributed by atoms with Gasteiger partial charge in [-0.15, -0.1) is 0 Å². The van der Waals surface area contributed by atoms with Crippen molar-refractivity contribution in [3.05, 3.63) is 0 Å². The largest absolute Gasteiger partial charge is 0.524 e. The molecule has 0 aromatic carbocycles. The Hall–Kier alpha value is -0.820. The minimum Gasteiger partial charge on any atom is -0.428 e. The summed E-state index contributed by atoms with van der Waals surface area (Å²) >= 11 is 0. The van der Waals surface area contributed by atoms with Crippen LogP contribution in [0, 0.1) is 5.92 Å². The summed E-state index contributed by atoms with van der Waals surface area (Å²) < 4.78 is 32.2. The van der Waals surface area contributed by atoms with Gasteiger partial charge in [0.15, 0.2) is 0 Å². The third-order valence-corrected chi connectivity index (χ3v) is 3.46. The first kappa shape index (κ1) is 14.2. The second-order valence-corrected chi connectivity index (χ2v) is 6.75. The van der Waals surface area contributed by atoms with Gasteiger partial charge in [-0.3, -0.25) is 0 Å². The van der Waals surface area contributed by atoms with E-state index in [1.807, 2.05) is 0 Å². The number of hydrogen-bond acceptors (Lipinski definition) is 6. The molecule has 1 rings (SSSR count). The van der Waals surface area contributed by atoms with Crippen LogP contribution in [-0.4, -0.2) is 39.0 Å². The summed E-state index contributed by atoms with van der Waals surface area (Å²) in [6.07, 6.45) is -0.389. The van der Waals surface area contributed by atoms with Gasteiger partial charge in [0.2, 0.25) is 0 Å². The molecule has 0 aromatic heterocycles. The lowest BCUT2D eigenvalue weighted by Gasteiger charge is -2.18. The summed E-state index contributed by atoms with van der Waals surface area (Å²) in [7, 11) is -3.85. The normalized spacial score (nSPS) is 21.2. The number of rotatable bonds is 3. The second kappa shape index (κ2) is 5.22. The van der Waals surface area contributed by atoms with Crippen LogP contribution in [0.25, 0.3) is 0 Å². The van der Waals surface area contributed by atoms with Crippen LogP contribution in [0.5, 0.6) is 0 Å². The van der Waals surface area contributed by atoms with Crippen LogP contribution in [-0.2, 0) is 19.0 Å². The molecule has 0 unspecified atom stereocenters. The molecule has 6 nitrogen and oxygen atoms in total. The Morgan fingerprint density at radius 3 is 2.53 bits per heavy atom. The molecule has 1 saturated heterocycles. The lowest BCUT2D eigenvalue weighted by atomic mass is 10.2. The molecule has 0 amide bonds. The fourth-order valence-electron chi connectivity index (χ4n) is 1.55. The molecule has 0 bridgehead atoms. The highest BCUT2D eigenvalue weighted by Crippen LogP contribution is 2.14. The Bertz CT molecular complexity index is 365. The number of carbonyl (C=O) groups excluding carboxylic acids is 1. The lowest BCUT2D eigenvalue weighted by Crippen LogP contribution is -2.28. The monoisotopic (exact) mass is 265 g/mol. The van der Waals surface area contributed by atoms with E-state index in [2.05, 4.69) is 9.50 Å². The maximum absolute atomic E-state index is 11.5. The number of ether oxygens (including phenoxy) is 1. The summed E-state index contributed by atoms with van der Waals surface area (Å²) in [5, 5.41) is 3.05. The van der Waals surface area contributed by atoms with Crippen molar-refractivity contribution in [3.63, 3.8) is 0 Å². The van der Waals surface area contributed by atoms with Crippen molar-refractivity contribution < 1.29 is 22.1 Å². The van der Waals surface area contributed by atoms with Gasteiger partial charge in [-0.2, -0.15) is 8.42 Å². The van der Waals surface area contributed by atoms with Gasteiger partial charge >= 0.3 is 16.3 Å². The highest BCUT2D eigenvalue weighted by atomic mass is 32.2. The van der Waals surface area contributed by atoms with Gasteiger partial charge in [0.1, 0.15) is 5.60 Å². The van der Waals surface area contributed by atoms with E-state index in [0.29, 0.717) is 6.54 Å². The highest BCUT2D eigenvalue weighted by Gasteiger charge is 2.28. The van der Waals surface area contributed by atoms with Crippen molar-refractivity contribution in [2.75, 3.05) is 18.8 Å². The van der Waals surface area contributed by atoms with Crippen LogP contribution >= 0.6 is 0 Å². The molecule has 0 spiro atoms. The SMILES string of the molecule is CC(C)(C)OC(=O)OS(=O)(=O)C[C@H]1CCNC1. The zero-order valence-electron chi connectivity index (χ0n) is 10.4. The minimum absolute atomic E-state index is 0.00226. The quantitative estimate of drug-likeness (QED) is 0.602. The molecular formula is C10H19NO5S. The van der Waals surface area contributed by atoms with E-state index in [9.17, 15) is 13.2 Å². The van der Waals surface area contributed by atoms with E-state index in [1.54, 1.807) is 20.8 Å². The van der Waals surface area contributed by atoms with Crippen LogP contribution in [0.2, 0.25) is 0 Å². The molecule has 1 aliphatic heterocycles. The van der Waals surface area contributed by atoms with Crippen molar-refractivity contribution in [1.29, 1.82) is 0 Å². The van der Waals surface area contributed by atoms with E-state index in [1.165, 1.54) is 0 Å². The van der Waals surface area contributed by atoms with Gasteiger partial charge in [0.25, 0.3) is 0 Å². The van der Waals surface area contributed by atoms with Crippen LogP contribution < -0.4 is 5.32 Å². The molecular weight excluding hydrogens is 246 g/mol. The van der Waals surface area contributed by atoms with Gasteiger partial charge in [-0.1, -0.05) is 0 Å². The molecule has 1 fully saturated rings. The Kier molecular flexibility index (Phi) is 4.37. The Labute approximate surface area is 102 Å². The third kappa shape index (κ3) is 5.88. The molecule has 100 valence electrons. The first-order valence-corrected chi connectivity index (χ1v) is 7.11. The maximum atomic E-state index is 11.5. The topological polar surface area (TPSA) is 81.7 Å². The fraction of sp³-hybridized carbons (Fsp3) is 0.900. The van der Waals surface area contributed by atoms with Crippen molar-refractivity contribution in [3.8, 4) is 0 Å². The van der Waals surface area contributed by atoms with Gasteiger partial charge in [-0.25, -0.2) is 4.79 Å². The van der Waals surface area contributed by atoms with E-state index < -0.39 is 21.9 Å². The second-order valence-electron chi connectivity index (χ2n) is 5.13. The minimum atomic E-state index is -3.85. The average molecular weight is 265 g/mol. The number of hydrogen-bond donors (Lipinski definition) is 1. The number of carbonyl (C=O) groups is 1. The summed E-state index contributed by atoms with van der Waals surface area (Å²) in [6, 6.07) is 0. The van der Waals surface area contributed by atoms with Crippen LogP contribution in [0.1, 0.15) is 27.2 Å². The van der Waals surface area contributed by atoms with Gasteiger partial charge in [0.05, 0.1) is 5.75 Å². The average Bonchev–Trinajstić information content (AvgIpc) is 2.49. The molecule has 0 radical (unpaired) electrons. The van der Waals surface area contributed by atoms with Crippen molar-refractivity contribution in [2.45, 2.75) is 32.8 Å². The van der Waals surface area contributed by atoms with Crippen molar-refractivity contribution in [1.82, 2.24) is 5.32 Å². The van der Waals surface area contributed by atoms with Gasteiger partial charge in [0, 0.05) is 0 Å². The molecule has 1 heterocycles. The zero-order valence-corrected chi connectivity index (χ0v) is 11.2. The maximum Gasteiger partial charge on any atom is 0.524 e. The molecule has 0 aromatic rings. The number of nitrogens with one attached hydrogen (secondary N) is 1. The molecule has 1 N–H and O–H groups in total. The van der Waals surface area contributed by atoms with Crippen molar-refractivity contribution >= 4 is 16.3 Å². The Morgan fingerprint density at radius 1 is 1.41 bits per heavy atom. The summed E-state index contributed by atoms with van der Waals surface area (Å²) in [5.41, 5.74) is -0.762. The zero-order chi connectivity index (χ0) is 13.1. The third-order valence-electron chi connectivity index (χ3n) is 2.19. The van der Waals surface area contributed by atoms with Gasteiger partial charge < -0.3 is 14.2 Å².